The molecule has 0 unspecified atom stereocenters. The maximum absolute atomic E-state index is 13.3. The Bertz CT molecular complexity index is 795. The third-order valence-corrected chi connectivity index (χ3v) is 3.58. The first-order valence-corrected chi connectivity index (χ1v) is 7.11. The summed E-state index contributed by atoms with van der Waals surface area (Å²) in [6.07, 6.45) is 0.867. The van der Waals surface area contributed by atoms with Gasteiger partial charge in [0.05, 0.1) is 7.11 Å². The predicted molar refractivity (Wildman–Crippen MR) is 83.3 cm³/mol. The minimum Gasteiger partial charge on any atom is -0.496 e. The van der Waals surface area contributed by atoms with Crippen molar-refractivity contribution in [2.45, 2.75) is 13.3 Å². The van der Waals surface area contributed by atoms with Gasteiger partial charge in [0.25, 0.3) is 0 Å². The number of benzene rings is 2. The van der Waals surface area contributed by atoms with Crippen LogP contribution in [-0.2, 0) is 6.42 Å². The first-order chi connectivity index (χ1) is 10.7. The maximum Gasteiger partial charge on any atom is 0.167 e. The van der Waals surface area contributed by atoms with Crippen LogP contribution in [0.15, 0.2) is 53.1 Å². The highest BCUT2D eigenvalue weighted by molar-refractivity contribution is 5.68. The molecule has 0 radical (unpaired) electrons. The van der Waals surface area contributed by atoms with Crippen molar-refractivity contribution in [3.05, 3.63) is 59.9 Å². The van der Waals surface area contributed by atoms with Gasteiger partial charge in [-0.3, -0.25) is 0 Å². The van der Waals surface area contributed by atoms with E-state index in [2.05, 4.69) is 12.1 Å². The Kier molecular flexibility index (Phi) is 3.92. The number of nitrogens with zero attached hydrogens (tertiary/aromatic N) is 1. The molecule has 0 aliphatic rings. The molecule has 0 N–H and O–H groups in total. The Balaban J connectivity index is 1.97. The number of aryl methyl sites for hydroxylation is 1. The van der Waals surface area contributed by atoms with Crippen molar-refractivity contribution >= 4 is 0 Å². The Morgan fingerprint density at radius 1 is 1.09 bits per heavy atom. The highest BCUT2D eigenvalue weighted by Gasteiger charge is 2.11. The van der Waals surface area contributed by atoms with Crippen LogP contribution in [0.5, 0.6) is 5.75 Å². The van der Waals surface area contributed by atoms with Gasteiger partial charge in [-0.2, -0.15) is 0 Å². The van der Waals surface area contributed by atoms with Gasteiger partial charge in [0.15, 0.2) is 5.76 Å². The van der Waals surface area contributed by atoms with E-state index in [9.17, 15) is 4.39 Å². The lowest BCUT2D eigenvalue weighted by atomic mass is 10.0. The highest BCUT2D eigenvalue weighted by Crippen LogP contribution is 2.29. The maximum atomic E-state index is 13.3. The number of ether oxygens (including phenoxy) is 1. The first-order valence-electron chi connectivity index (χ1n) is 7.11. The standard InChI is InChI=1S/C18H16FNO2/c1-3-12-9-13(7-8-17(12)21-2)16-11-18(22-20-16)14-5-4-6-15(19)10-14/h4-11H,3H2,1-2H3. The Morgan fingerprint density at radius 3 is 2.68 bits per heavy atom. The minimum absolute atomic E-state index is 0.298. The summed E-state index contributed by atoms with van der Waals surface area (Å²) in [4.78, 5) is 0. The largest absolute Gasteiger partial charge is 0.496 e. The van der Waals surface area contributed by atoms with Crippen molar-refractivity contribution < 1.29 is 13.7 Å². The van der Waals surface area contributed by atoms with Crippen LogP contribution < -0.4 is 4.74 Å². The summed E-state index contributed by atoms with van der Waals surface area (Å²) in [6, 6.07) is 14.0. The van der Waals surface area contributed by atoms with Crippen LogP contribution in [0.3, 0.4) is 0 Å². The summed E-state index contributed by atoms with van der Waals surface area (Å²) >= 11 is 0. The lowest BCUT2D eigenvalue weighted by Crippen LogP contribution is -1.91. The van der Waals surface area contributed by atoms with Crippen molar-refractivity contribution in [1.29, 1.82) is 0 Å². The normalized spacial score (nSPS) is 10.7. The average Bonchev–Trinajstić information content (AvgIpc) is 3.04. The van der Waals surface area contributed by atoms with Crippen LogP contribution in [0.25, 0.3) is 22.6 Å². The molecule has 0 fully saturated rings. The van der Waals surface area contributed by atoms with E-state index in [0.29, 0.717) is 11.3 Å². The van der Waals surface area contributed by atoms with E-state index < -0.39 is 0 Å². The second kappa shape index (κ2) is 6.02. The zero-order valence-electron chi connectivity index (χ0n) is 12.5. The van der Waals surface area contributed by atoms with Crippen LogP contribution in [0.1, 0.15) is 12.5 Å². The summed E-state index contributed by atoms with van der Waals surface area (Å²) < 4.78 is 24.0. The molecule has 0 amide bonds. The van der Waals surface area contributed by atoms with Crippen LogP contribution in [0.2, 0.25) is 0 Å². The SMILES string of the molecule is CCc1cc(-c2cc(-c3cccc(F)c3)on2)ccc1OC. The molecule has 1 heterocycles. The fourth-order valence-electron chi connectivity index (χ4n) is 2.40. The van der Waals surface area contributed by atoms with E-state index in [1.807, 2.05) is 24.3 Å². The third kappa shape index (κ3) is 2.72. The number of hydrogen-bond donors (Lipinski definition) is 0. The van der Waals surface area contributed by atoms with Gasteiger partial charge in [-0.15, -0.1) is 0 Å². The van der Waals surface area contributed by atoms with Crippen LogP contribution in [0.4, 0.5) is 4.39 Å². The Hall–Kier alpha value is -2.62. The first kappa shape index (κ1) is 14.3. The Labute approximate surface area is 128 Å². The number of aromatic nitrogens is 1. The van der Waals surface area contributed by atoms with Gasteiger partial charge < -0.3 is 9.26 Å². The molecule has 3 rings (SSSR count). The molecular weight excluding hydrogens is 281 g/mol. The van der Waals surface area contributed by atoms with Gasteiger partial charge in [-0.25, -0.2) is 4.39 Å². The molecule has 0 aliphatic heterocycles. The zero-order chi connectivity index (χ0) is 15.5. The lowest BCUT2D eigenvalue weighted by Gasteiger charge is -2.07. The van der Waals surface area contributed by atoms with Crippen LogP contribution in [0, 0.1) is 5.82 Å². The number of halogens is 1. The molecule has 0 saturated heterocycles. The third-order valence-electron chi connectivity index (χ3n) is 3.58. The van der Waals surface area contributed by atoms with Crippen molar-refractivity contribution in [2.75, 3.05) is 7.11 Å². The van der Waals surface area contributed by atoms with Gasteiger partial charge in [-0.05, 0) is 42.3 Å². The van der Waals surface area contributed by atoms with Gasteiger partial charge in [0.2, 0.25) is 0 Å². The van der Waals surface area contributed by atoms with Gasteiger partial charge in [0.1, 0.15) is 17.3 Å². The molecule has 0 bridgehead atoms. The molecular formula is C18H16FNO2. The molecule has 3 nitrogen and oxygen atoms in total. The quantitative estimate of drug-likeness (QED) is 0.699. The number of hydrogen-bond acceptors (Lipinski definition) is 3. The summed E-state index contributed by atoms with van der Waals surface area (Å²) in [5, 5.41) is 4.09. The van der Waals surface area contributed by atoms with E-state index in [1.54, 1.807) is 19.2 Å². The summed E-state index contributed by atoms with van der Waals surface area (Å²) in [7, 11) is 1.66. The van der Waals surface area contributed by atoms with E-state index >= 15 is 0 Å². The van der Waals surface area contributed by atoms with Gasteiger partial charge in [-0.1, -0.05) is 24.2 Å². The smallest absolute Gasteiger partial charge is 0.167 e. The number of methoxy groups -OCH3 is 1. The minimum atomic E-state index is -0.298. The molecule has 0 aliphatic carbocycles. The van der Waals surface area contributed by atoms with Gasteiger partial charge in [0, 0.05) is 17.2 Å². The van der Waals surface area contributed by atoms with Crippen molar-refractivity contribution in [3.63, 3.8) is 0 Å². The van der Waals surface area contributed by atoms with E-state index in [0.717, 1.165) is 29.0 Å². The fourth-order valence-corrected chi connectivity index (χ4v) is 2.40. The summed E-state index contributed by atoms with van der Waals surface area (Å²) in [6.45, 7) is 2.07. The van der Waals surface area contributed by atoms with E-state index in [1.165, 1.54) is 12.1 Å². The summed E-state index contributed by atoms with van der Waals surface area (Å²) in [5.74, 6) is 1.11. The molecule has 2 aromatic carbocycles. The number of rotatable bonds is 4. The van der Waals surface area contributed by atoms with Crippen molar-refractivity contribution in [1.82, 2.24) is 5.16 Å². The second-order valence-corrected chi connectivity index (χ2v) is 4.97. The van der Waals surface area contributed by atoms with Gasteiger partial charge >= 0.3 is 0 Å². The molecule has 112 valence electrons. The molecule has 1 aromatic heterocycles. The molecule has 3 aromatic rings. The van der Waals surface area contributed by atoms with E-state index in [-0.39, 0.29) is 5.82 Å². The fraction of sp³-hybridized carbons (Fsp3) is 0.167. The Morgan fingerprint density at radius 2 is 1.95 bits per heavy atom. The monoisotopic (exact) mass is 297 g/mol. The molecule has 0 saturated carbocycles. The second-order valence-electron chi connectivity index (χ2n) is 4.97. The van der Waals surface area contributed by atoms with Crippen molar-refractivity contribution in [2.24, 2.45) is 0 Å². The predicted octanol–water partition coefficient (Wildman–Crippen LogP) is 4.72. The molecule has 4 heteroatoms. The van der Waals surface area contributed by atoms with E-state index in [4.69, 9.17) is 9.26 Å². The summed E-state index contributed by atoms with van der Waals surface area (Å²) in [5.41, 5.74) is 3.44. The van der Waals surface area contributed by atoms with Crippen LogP contribution >= 0.6 is 0 Å². The molecule has 22 heavy (non-hydrogen) atoms. The average molecular weight is 297 g/mol. The topological polar surface area (TPSA) is 35.3 Å². The molecule has 0 spiro atoms. The zero-order valence-corrected chi connectivity index (χ0v) is 12.5. The lowest BCUT2D eigenvalue weighted by molar-refractivity contribution is 0.410. The van der Waals surface area contributed by atoms with Crippen molar-refractivity contribution in [3.8, 4) is 28.3 Å². The van der Waals surface area contributed by atoms with Crippen LogP contribution in [-0.4, -0.2) is 12.3 Å². The highest BCUT2D eigenvalue weighted by atomic mass is 19.1. The molecule has 0 atom stereocenters.